The first-order chi connectivity index (χ1) is 9.70. The van der Waals surface area contributed by atoms with Gasteiger partial charge in [-0.3, -0.25) is 4.79 Å². The minimum atomic E-state index is -4.52. The lowest BCUT2D eigenvalue weighted by Gasteiger charge is -2.26. The average Bonchev–Trinajstić information content (AvgIpc) is 2.42. The second-order valence-corrected chi connectivity index (χ2v) is 4.62. The van der Waals surface area contributed by atoms with E-state index in [1.54, 1.807) is 17.9 Å². The van der Waals surface area contributed by atoms with Gasteiger partial charge in [-0.25, -0.2) is 0 Å². The van der Waals surface area contributed by atoms with E-state index in [0.717, 1.165) is 12.1 Å². The third-order valence-corrected chi connectivity index (χ3v) is 3.08. The molecule has 21 heavy (non-hydrogen) atoms. The Morgan fingerprint density at radius 1 is 1.48 bits per heavy atom. The number of rotatable bonds is 5. The van der Waals surface area contributed by atoms with Crippen molar-refractivity contribution in [2.45, 2.75) is 20.0 Å². The van der Waals surface area contributed by atoms with Gasteiger partial charge in [0.1, 0.15) is 6.07 Å². The highest BCUT2D eigenvalue weighted by molar-refractivity contribution is 5.71. The highest BCUT2D eigenvalue weighted by Crippen LogP contribution is 2.32. The fraction of sp³-hybridized carbons (Fsp3) is 0.429. The van der Waals surface area contributed by atoms with Gasteiger partial charge in [0.15, 0.2) is 0 Å². The predicted molar refractivity (Wildman–Crippen MR) is 70.8 cm³/mol. The molecule has 0 heterocycles. The van der Waals surface area contributed by atoms with Crippen LogP contribution >= 0.6 is 0 Å². The SMILES string of the molecule is CCN(CC(C)C(=O)O)c1ccc(C(F)(F)F)cc1C#N. The first kappa shape index (κ1) is 16.8. The number of anilines is 1. The predicted octanol–water partition coefficient (Wildman–Crippen LogP) is 3.12. The lowest BCUT2D eigenvalue weighted by Crippen LogP contribution is -2.32. The van der Waals surface area contributed by atoms with Crippen LogP contribution in [0.1, 0.15) is 25.0 Å². The number of carbonyl (C=O) groups is 1. The molecule has 0 aromatic heterocycles. The molecule has 1 unspecified atom stereocenters. The van der Waals surface area contributed by atoms with Gasteiger partial charge in [-0.15, -0.1) is 0 Å². The standard InChI is InChI=1S/C14H15F3N2O2/c1-3-19(8-9(2)13(20)21)12-5-4-11(14(15,16)17)6-10(12)7-18/h4-6,9H,3,8H2,1-2H3,(H,20,21). The molecule has 1 aromatic carbocycles. The molecule has 0 radical (unpaired) electrons. The van der Waals surface area contributed by atoms with Crippen molar-refractivity contribution in [3.63, 3.8) is 0 Å². The Bertz CT molecular complexity index is 564. The Morgan fingerprint density at radius 3 is 2.52 bits per heavy atom. The molecule has 1 atom stereocenters. The number of hydrogen-bond donors (Lipinski definition) is 1. The molecule has 114 valence electrons. The van der Waals surface area contributed by atoms with E-state index in [2.05, 4.69) is 0 Å². The summed E-state index contributed by atoms with van der Waals surface area (Å²) in [5.74, 6) is -1.70. The summed E-state index contributed by atoms with van der Waals surface area (Å²) in [6.07, 6.45) is -4.52. The minimum Gasteiger partial charge on any atom is -0.481 e. The maximum Gasteiger partial charge on any atom is 0.416 e. The average molecular weight is 300 g/mol. The fourth-order valence-corrected chi connectivity index (χ4v) is 1.88. The first-order valence-electron chi connectivity index (χ1n) is 6.29. The Labute approximate surface area is 120 Å². The summed E-state index contributed by atoms with van der Waals surface area (Å²) in [7, 11) is 0. The molecule has 0 fully saturated rings. The molecule has 1 aromatic rings. The van der Waals surface area contributed by atoms with E-state index >= 15 is 0 Å². The van der Waals surface area contributed by atoms with E-state index in [9.17, 15) is 18.0 Å². The van der Waals surface area contributed by atoms with Crippen LogP contribution in [0.15, 0.2) is 18.2 Å². The van der Waals surface area contributed by atoms with Crippen molar-refractivity contribution in [3.8, 4) is 6.07 Å². The molecule has 0 amide bonds. The summed E-state index contributed by atoms with van der Waals surface area (Å²) < 4.78 is 37.9. The van der Waals surface area contributed by atoms with E-state index in [-0.39, 0.29) is 12.1 Å². The van der Waals surface area contributed by atoms with Crippen molar-refractivity contribution in [2.24, 2.45) is 5.92 Å². The first-order valence-corrected chi connectivity index (χ1v) is 6.29. The van der Waals surface area contributed by atoms with Crippen LogP contribution in [0.25, 0.3) is 0 Å². The highest BCUT2D eigenvalue weighted by Gasteiger charge is 2.31. The number of alkyl halides is 3. The number of carboxylic acids is 1. The van der Waals surface area contributed by atoms with Gasteiger partial charge in [-0.1, -0.05) is 6.92 Å². The maximum absolute atomic E-state index is 12.6. The number of carboxylic acid groups (broad SMARTS) is 1. The second-order valence-electron chi connectivity index (χ2n) is 4.62. The van der Waals surface area contributed by atoms with E-state index in [4.69, 9.17) is 10.4 Å². The quantitative estimate of drug-likeness (QED) is 0.907. The number of nitriles is 1. The van der Waals surface area contributed by atoms with Gasteiger partial charge in [-0.2, -0.15) is 18.4 Å². The summed E-state index contributed by atoms with van der Waals surface area (Å²) in [6.45, 7) is 3.75. The van der Waals surface area contributed by atoms with Crippen molar-refractivity contribution in [2.75, 3.05) is 18.0 Å². The zero-order valence-corrected chi connectivity index (χ0v) is 11.6. The van der Waals surface area contributed by atoms with Gasteiger partial charge in [0.25, 0.3) is 0 Å². The second kappa shape index (κ2) is 6.48. The minimum absolute atomic E-state index is 0.117. The molecule has 4 nitrogen and oxygen atoms in total. The van der Waals surface area contributed by atoms with E-state index in [1.807, 2.05) is 0 Å². The molecule has 0 aliphatic rings. The smallest absolute Gasteiger partial charge is 0.416 e. The Morgan fingerprint density at radius 2 is 2.10 bits per heavy atom. The molecule has 0 saturated carbocycles. The van der Waals surface area contributed by atoms with Gasteiger partial charge in [-0.05, 0) is 25.1 Å². The Balaban J connectivity index is 3.16. The molecule has 0 saturated heterocycles. The normalized spacial score (nSPS) is 12.6. The third-order valence-electron chi connectivity index (χ3n) is 3.08. The number of nitrogens with zero attached hydrogens (tertiary/aromatic N) is 2. The van der Waals surface area contributed by atoms with Gasteiger partial charge in [0, 0.05) is 13.1 Å². The maximum atomic E-state index is 12.6. The Kier molecular flexibility index (Phi) is 5.19. The summed E-state index contributed by atoms with van der Waals surface area (Å²) in [5, 5.41) is 17.9. The van der Waals surface area contributed by atoms with Gasteiger partial charge >= 0.3 is 12.1 Å². The van der Waals surface area contributed by atoms with Crippen LogP contribution < -0.4 is 4.90 Å². The summed E-state index contributed by atoms with van der Waals surface area (Å²) in [4.78, 5) is 12.5. The Hall–Kier alpha value is -2.23. The lowest BCUT2D eigenvalue weighted by atomic mass is 10.1. The van der Waals surface area contributed by atoms with E-state index in [0.29, 0.717) is 12.2 Å². The number of hydrogen-bond acceptors (Lipinski definition) is 3. The van der Waals surface area contributed by atoms with E-state index in [1.165, 1.54) is 13.0 Å². The highest BCUT2D eigenvalue weighted by atomic mass is 19.4. The molecular weight excluding hydrogens is 285 g/mol. The topological polar surface area (TPSA) is 64.3 Å². The molecule has 0 aliphatic carbocycles. The van der Waals surface area contributed by atoms with E-state index < -0.39 is 23.6 Å². The van der Waals surface area contributed by atoms with Crippen molar-refractivity contribution in [1.29, 1.82) is 5.26 Å². The van der Waals surface area contributed by atoms with Crippen molar-refractivity contribution in [1.82, 2.24) is 0 Å². The monoisotopic (exact) mass is 300 g/mol. The van der Waals surface area contributed by atoms with Crippen LogP contribution in [0.3, 0.4) is 0 Å². The van der Waals surface area contributed by atoms with Crippen LogP contribution in [0.2, 0.25) is 0 Å². The molecule has 0 spiro atoms. The van der Waals surface area contributed by atoms with Crippen molar-refractivity contribution >= 4 is 11.7 Å². The lowest BCUT2D eigenvalue weighted by molar-refractivity contribution is -0.140. The van der Waals surface area contributed by atoms with Gasteiger partial charge in [0.05, 0.1) is 22.7 Å². The summed E-state index contributed by atoms with van der Waals surface area (Å²) in [6, 6.07) is 4.62. The van der Waals surface area contributed by atoms with Gasteiger partial charge < -0.3 is 10.0 Å². The zero-order valence-electron chi connectivity index (χ0n) is 11.6. The van der Waals surface area contributed by atoms with Crippen LogP contribution in [-0.2, 0) is 11.0 Å². The molecule has 1 rings (SSSR count). The van der Waals surface area contributed by atoms with Gasteiger partial charge in [0.2, 0.25) is 0 Å². The van der Waals surface area contributed by atoms with Crippen LogP contribution in [0, 0.1) is 17.2 Å². The number of aliphatic carboxylic acids is 1. The molecule has 0 bridgehead atoms. The van der Waals surface area contributed by atoms with Crippen LogP contribution in [0.4, 0.5) is 18.9 Å². The van der Waals surface area contributed by atoms with Crippen LogP contribution in [0.5, 0.6) is 0 Å². The van der Waals surface area contributed by atoms with Crippen LogP contribution in [-0.4, -0.2) is 24.2 Å². The number of benzene rings is 1. The number of halogens is 3. The summed E-state index contributed by atoms with van der Waals surface area (Å²) in [5.41, 5.74) is -0.713. The molecule has 7 heteroatoms. The fourth-order valence-electron chi connectivity index (χ4n) is 1.88. The largest absolute Gasteiger partial charge is 0.481 e. The summed E-state index contributed by atoms with van der Waals surface area (Å²) >= 11 is 0. The van der Waals surface area contributed by atoms with Crippen molar-refractivity contribution in [3.05, 3.63) is 29.3 Å². The molecule has 1 N–H and O–H groups in total. The molecule has 0 aliphatic heterocycles. The zero-order chi connectivity index (χ0) is 16.2. The van der Waals surface area contributed by atoms with Crippen molar-refractivity contribution < 1.29 is 23.1 Å². The third kappa shape index (κ3) is 4.12. The molecular formula is C14H15F3N2O2.